The molecule has 1 aromatic rings. The van der Waals surface area contributed by atoms with Crippen molar-refractivity contribution in [1.29, 1.82) is 5.26 Å². The van der Waals surface area contributed by atoms with E-state index in [1.807, 2.05) is 0 Å². The van der Waals surface area contributed by atoms with E-state index in [-0.39, 0.29) is 5.91 Å². The highest BCUT2D eigenvalue weighted by molar-refractivity contribution is 5.92. The highest BCUT2D eigenvalue weighted by Crippen LogP contribution is 2.29. The molecule has 1 atom stereocenters. The number of nitrogens with zero attached hydrogens (tertiary/aromatic N) is 2. The van der Waals surface area contributed by atoms with Crippen LogP contribution in [0.4, 0.5) is 0 Å². The number of nitrogens with one attached hydrogen (secondary N) is 1. The first-order chi connectivity index (χ1) is 13.0. The summed E-state index contributed by atoms with van der Waals surface area (Å²) in [6.07, 6.45) is 8.89. The molecule has 0 aromatic heterocycles. The van der Waals surface area contributed by atoms with Crippen LogP contribution >= 0.6 is 0 Å². The molecule has 3 N–H and O–H groups in total. The minimum absolute atomic E-state index is 0.221. The van der Waals surface area contributed by atoms with Crippen molar-refractivity contribution in [2.45, 2.75) is 56.5 Å². The second kappa shape index (κ2) is 8.53. The third kappa shape index (κ3) is 4.86. The predicted octanol–water partition coefficient (Wildman–Crippen LogP) is 1.95. The Bertz CT molecular complexity index is 719. The van der Waals surface area contributed by atoms with Gasteiger partial charge < -0.3 is 11.1 Å². The highest BCUT2D eigenvalue weighted by atomic mass is 16.2. The summed E-state index contributed by atoms with van der Waals surface area (Å²) in [6, 6.07) is 9.77. The number of hydrogen-bond donors (Lipinski definition) is 2. The molecule has 1 aliphatic carbocycles. The summed E-state index contributed by atoms with van der Waals surface area (Å²) in [4.78, 5) is 25.9. The van der Waals surface area contributed by atoms with Gasteiger partial charge in [-0.2, -0.15) is 5.26 Å². The van der Waals surface area contributed by atoms with Crippen LogP contribution in [0.3, 0.4) is 0 Å². The Kier molecular flexibility index (Phi) is 6.12. The monoisotopic (exact) mass is 367 g/mol. The minimum Gasteiger partial charge on any atom is -0.366 e. The molecular weight excluding hydrogens is 340 g/mol. The molecule has 1 unspecified atom stereocenters. The van der Waals surface area contributed by atoms with E-state index < -0.39 is 11.4 Å². The predicted molar refractivity (Wildman–Crippen MR) is 103 cm³/mol. The second-order valence-corrected chi connectivity index (χ2v) is 7.66. The summed E-state index contributed by atoms with van der Waals surface area (Å²) in [7, 11) is 0. The Balaban J connectivity index is 1.51. The van der Waals surface area contributed by atoms with Gasteiger partial charge in [0.2, 0.25) is 11.8 Å². The lowest BCUT2D eigenvalue weighted by Crippen LogP contribution is -2.50. The molecule has 1 heterocycles. The third-order valence-electron chi connectivity index (χ3n) is 5.73. The average molecular weight is 367 g/mol. The number of primary amides is 1. The number of nitriles is 1. The van der Waals surface area contributed by atoms with Gasteiger partial charge in [0.25, 0.3) is 0 Å². The molecule has 1 aliphatic heterocycles. The van der Waals surface area contributed by atoms with Gasteiger partial charge >= 0.3 is 0 Å². The smallest absolute Gasteiger partial charge is 0.248 e. The Morgan fingerprint density at radius 3 is 2.59 bits per heavy atom. The van der Waals surface area contributed by atoms with E-state index in [0.717, 1.165) is 12.1 Å². The fourth-order valence-electron chi connectivity index (χ4n) is 4.12. The molecule has 1 saturated carbocycles. The van der Waals surface area contributed by atoms with Crippen LogP contribution in [0, 0.1) is 17.8 Å². The van der Waals surface area contributed by atoms with Gasteiger partial charge in [-0.25, -0.2) is 0 Å². The van der Waals surface area contributed by atoms with Crippen LogP contribution in [0.15, 0.2) is 24.3 Å². The summed E-state index contributed by atoms with van der Waals surface area (Å²) < 4.78 is 0. The zero-order valence-electron chi connectivity index (χ0n) is 15.6. The van der Waals surface area contributed by atoms with Gasteiger partial charge in [0.15, 0.2) is 0 Å². The number of hydrogen-bond acceptors (Lipinski definition) is 4. The summed E-state index contributed by atoms with van der Waals surface area (Å²) in [5.74, 6) is -0.691. The minimum atomic E-state index is -0.791. The van der Waals surface area contributed by atoms with Crippen LogP contribution in [-0.2, 0) is 11.2 Å². The van der Waals surface area contributed by atoms with Crippen molar-refractivity contribution in [3.63, 3.8) is 0 Å². The first-order valence-corrected chi connectivity index (χ1v) is 9.71. The van der Waals surface area contributed by atoms with Crippen molar-refractivity contribution in [3.05, 3.63) is 41.8 Å². The number of rotatable bonds is 6. The van der Waals surface area contributed by atoms with Gasteiger partial charge in [-0.15, -0.1) is 0 Å². The summed E-state index contributed by atoms with van der Waals surface area (Å²) in [5, 5.41) is 12.6. The van der Waals surface area contributed by atoms with Crippen molar-refractivity contribution < 1.29 is 9.59 Å². The molecule has 6 heteroatoms. The molecule has 27 heavy (non-hydrogen) atoms. The molecule has 1 saturated heterocycles. The van der Waals surface area contributed by atoms with Gasteiger partial charge in [-0.05, 0) is 43.4 Å². The van der Waals surface area contributed by atoms with Crippen molar-refractivity contribution in [2.75, 3.05) is 13.1 Å². The Labute approximate surface area is 160 Å². The van der Waals surface area contributed by atoms with Crippen molar-refractivity contribution >= 4 is 11.8 Å². The lowest BCUT2D eigenvalue weighted by molar-refractivity contribution is -0.119. The van der Waals surface area contributed by atoms with Crippen molar-refractivity contribution in [3.8, 4) is 6.07 Å². The average Bonchev–Trinajstić information content (AvgIpc) is 3.12. The van der Waals surface area contributed by atoms with Gasteiger partial charge in [0.05, 0.1) is 12.5 Å². The molecule has 1 radical (unpaired) electrons. The first-order valence-electron chi connectivity index (χ1n) is 9.71. The molecule has 2 amide bonds. The molecule has 2 aliphatic rings. The number of likely N-dealkylation sites (tertiary alicyclic amines) is 1. The van der Waals surface area contributed by atoms with Gasteiger partial charge in [-0.3, -0.25) is 14.5 Å². The van der Waals surface area contributed by atoms with Crippen molar-refractivity contribution in [1.82, 2.24) is 10.2 Å². The van der Waals surface area contributed by atoms with Gasteiger partial charge in [0.1, 0.15) is 5.54 Å². The Morgan fingerprint density at radius 2 is 1.96 bits per heavy atom. The van der Waals surface area contributed by atoms with Crippen LogP contribution in [0.5, 0.6) is 0 Å². The highest BCUT2D eigenvalue weighted by Gasteiger charge is 2.41. The van der Waals surface area contributed by atoms with E-state index in [0.29, 0.717) is 31.0 Å². The number of carbonyl (C=O) groups is 2. The molecule has 1 aromatic carbocycles. The summed E-state index contributed by atoms with van der Waals surface area (Å²) >= 11 is 0. The molecule has 6 nitrogen and oxygen atoms in total. The fourth-order valence-corrected chi connectivity index (χ4v) is 4.12. The number of nitrogens with two attached hydrogens (primary N) is 1. The quantitative estimate of drug-likeness (QED) is 0.803. The van der Waals surface area contributed by atoms with E-state index in [1.54, 1.807) is 30.7 Å². The van der Waals surface area contributed by atoms with E-state index in [2.05, 4.69) is 16.3 Å². The number of carbonyl (C=O) groups excluding carboxylic acids is 2. The Morgan fingerprint density at radius 1 is 1.26 bits per heavy atom. The van der Waals surface area contributed by atoms with Crippen LogP contribution in [0.25, 0.3) is 0 Å². The molecule has 143 valence electrons. The maximum absolute atomic E-state index is 12.4. The van der Waals surface area contributed by atoms with E-state index in [9.17, 15) is 14.9 Å². The van der Waals surface area contributed by atoms with E-state index in [4.69, 9.17) is 5.73 Å². The normalized spacial score (nSPS) is 23.7. The number of amides is 2. The standard InChI is InChI=1S/C21H27N4O2/c22-14-21(12-13-25(15-21)18-4-2-1-3-5-18)24-19(26)11-8-16-6-9-17(10-7-16)20(23)27/h6-7,9-11,18H,1-5,8,12-13,15H2,(H2,23,27)(H,24,26). The van der Waals surface area contributed by atoms with E-state index >= 15 is 0 Å². The largest absolute Gasteiger partial charge is 0.366 e. The first kappa shape index (κ1) is 19.4. The maximum atomic E-state index is 12.4. The molecule has 0 spiro atoms. The fraction of sp³-hybridized carbons (Fsp3) is 0.524. The Hall–Kier alpha value is -2.39. The van der Waals surface area contributed by atoms with Gasteiger partial charge in [0, 0.05) is 24.7 Å². The van der Waals surface area contributed by atoms with Crippen LogP contribution in [0.2, 0.25) is 0 Å². The van der Waals surface area contributed by atoms with Crippen molar-refractivity contribution in [2.24, 2.45) is 5.73 Å². The second-order valence-electron chi connectivity index (χ2n) is 7.66. The zero-order chi connectivity index (χ0) is 19.3. The molecular formula is C21H27N4O2. The van der Waals surface area contributed by atoms with E-state index in [1.165, 1.54) is 32.1 Å². The number of benzene rings is 1. The zero-order valence-corrected chi connectivity index (χ0v) is 15.6. The summed E-state index contributed by atoms with van der Waals surface area (Å²) in [5.41, 5.74) is 5.79. The van der Waals surface area contributed by atoms with Gasteiger partial charge in [-0.1, -0.05) is 31.4 Å². The van der Waals surface area contributed by atoms with Crippen LogP contribution in [-0.4, -0.2) is 41.4 Å². The third-order valence-corrected chi connectivity index (χ3v) is 5.73. The topological polar surface area (TPSA) is 99.2 Å². The van der Waals surface area contributed by atoms with Crippen LogP contribution < -0.4 is 11.1 Å². The SMILES string of the molecule is N#CC1(NC(=O)[CH]Cc2ccc(C(N)=O)cc2)CCN(C2CCCCC2)C1. The maximum Gasteiger partial charge on any atom is 0.248 e. The lowest BCUT2D eigenvalue weighted by atomic mass is 9.94. The summed E-state index contributed by atoms with van der Waals surface area (Å²) in [6.45, 7) is 1.48. The lowest BCUT2D eigenvalue weighted by Gasteiger charge is -2.32. The van der Waals surface area contributed by atoms with Crippen LogP contribution in [0.1, 0.15) is 54.4 Å². The molecule has 3 rings (SSSR count). The molecule has 2 fully saturated rings. The molecule has 0 bridgehead atoms.